The predicted octanol–water partition coefficient (Wildman–Crippen LogP) is 4.95. The van der Waals surface area contributed by atoms with E-state index in [0.717, 1.165) is 56.2 Å². The van der Waals surface area contributed by atoms with Crippen molar-refractivity contribution in [2.24, 2.45) is 0 Å². The van der Waals surface area contributed by atoms with Gasteiger partial charge < -0.3 is 9.80 Å². The van der Waals surface area contributed by atoms with Crippen LogP contribution in [-0.2, 0) is 12.8 Å². The molecule has 0 amide bonds. The summed E-state index contributed by atoms with van der Waals surface area (Å²) >= 11 is 0. The Hall–Kier alpha value is -2.88. The third-order valence-electron chi connectivity index (χ3n) is 5.57. The highest BCUT2D eigenvalue weighted by atomic mass is 15.3. The van der Waals surface area contributed by atoms with Gasteiger partial charge in [-0.25, -0.2) is 4.98 Å². The Kier molecular flexibility index (Phi) is 4.04. The molecule has 4 heteroatoms. The first-order valence-electron chi connectivity index (χ1n) is 9.86. The highest BCUT2D eigenvalue weighted by molar-refractivity contribution is 5.68. The number of hydrogen-bond donors (Lipinski definition) is 0. The van der Waals surface area contributed by atoms with E-state index in [1.807, 2.05) is 0 Å². The molecule has 1 aromatic heterocycles. The van der Waals surface area contributed by atoms with E-state index in [-0.39, 0.29) is 0 Å². The fourth-order valence-electron chi connectivity index (χ4n) is 4.31. The van der Waals surface area contributed by atoms with Crippen molar-refractivity contribution in [1.82, 2.24) is 9.97 Å². The number of fused-ring (bicyclic) bond motifs is 2. The van der Waals surface area contributed by atoms with Crippen molar-refractivity contribution < 1.29 is 0 Å². The van der Waals surface area contributed by atoms with Crippen molar-refractivity contribution in [2.45, 2.75) is 32.6 Å². The van der Waals surface area contributed by atoms with Crippen LogP contribution in [0.4, 0.5) is 23.1 Å². The number of aromatic nitrogens is 2. The van der Waals surface area contributed by atoms with Crippen LogP contribution in [0.5, 0.6) is 0 Å². The summed E-state index contributed by atoms with van der Waals surface area (Å²) in [6.07, 6.45) is 4.56. The van der Waals surface area contributed by atoms with Gasteiger partial charge in [-0.2, -0.15) is 4.98 Å². The number of rotatable bonds is 2. The van der Waals surface area contributed by atoms with Gasteiger partial charge in [0.15, 0.2) is 0 Å². The van der Waals surface area contributed by atoms with Gasteiger partial charge in [0.05, 0.1) is 0 Å². The molecule has 0 aliphatic carbocycles. The average molecular weight is 356 g/mol. The van der Waals surface area contributed by atoms with Gasteiger partial charge in [0.2, 0.25) is 5.95 Å². The molecule has 0 saturated heterocycles. The molecule has 0 unspecified atom stereocenters. The minimum absolute atomic E-state index is 0.820. The second kappa shape index (κ2) is 6.69. The molecule has 3 aromatic rings. The first-order chi connectivity index (χ1) is 13.3. The van der Waals surface area contributed by atoms with E-state index in [4.69, 9.17) is 9.97 Å². The molecule has 27 heavy (non-hydrogen) atoms. The van der Waals surface area contributed by atoms with Crippen LogP contribution in [0.2, 0.25) is 0 Å². The molecule has 0 saturated carbocycles. The molecule has 0 atom stereocenters. The normalized spacial score (nSPS) is 16.0. The second-order valence-corrected chi connectivity index (χ2v) is 7.44. The van der Waals surface area contributed by atoms with Crippen LogP contribution in [-0.4, -0.2) is 23.1 Å². The van der Waals surface area contributed by atoms with Crippen molar-refractivity contribution in [2.75, 3.05) is 22.9 Å². The lowest BCUT2D eigenvalue weighted by Gasteiger charge is -2.33. The smallest absolute Gasteiger partial charge is 0.232 e. The number of anilines is 4. The molecule has 3 heterocycles. The summed E-state index contributed by atoms with van der Waals surface area (Å²) < 4.78 is 0. The predicted molar refractivity (Wildman–Crippen MR) is 110 cm³/mol. The number of benzene rings is 2. The summed E-state index contributed by atoms with van der Waals surface area (Å²) in [4.78, 5) is 14.5. The monoisotopic (exact) mass is 356 g/mol. The van der Waals surface area contributed by atoms with Crippen LogP contribution in [0, 0.1) is 6.92 Å². The van der Waals surface area contributed by atoms with Crippen LogP contribution < -0.4 is 9.80 Å². The van der Waals surface area contributed by atoms with Gasteiger partial charge in [-0.3, -0.25) is 0 Å². The van der Waals surface area contributed by atoms with Crippen LogP contribution in [0.1, 0.15) is 29.7 Å². The highest BCUT2D eigenvalue weighted by Crippen LogP contribution is 2.35. The zero-order valence-corrected chi connectivity index (χ0v) is 15.7. The van der Waals surface area contributed by atoms with Crippen molar-refractivity contribution in [1.29, 1.82) is 0 Å². The maximum Gasteiger partial charge on any atom is 0.232 e. The average Bonchev–Trinajstić information content (AvgIpc) is 2.72. The van der Waals surface area contributed by atoms with Crippen LogP contribution >= 0.6 is 0 Å². The third kappa shape index (κ3) is 2.95. The van der Waals surface area contributed by atoms with Gasteiger partial charge in [-0.15, -0.1) is 0 Å². The van der Waals surface area contributed by atoms with Crippen LogP contribution in [0.3, 0.4) is 0 Å². The number of aryl methyl sites for hydroxylation is 3. The van der Waals surface area contributed by atoms with Gasteiger partial charge in [0, 0.05) is 36.2 Å². The van der Waals surface area contributed by atoms with E-state index in [9.17, 15) is 0 Å². The zero-order valence-electron chi connectivity index (χ0n) is 15.7. The van der Waals surface area contributed by atoms with E-state index in [2.05, 4.69) is 71.3 Å². The van der Waals surface area contributed by atoms with Gasteiger partial charge in [-0.05, 0) is 55.9 Å². The van der Waals surface area contributed by atoms with E-state index in [1.54, 1.807) is 0 Å². The van der Waals surface area contributed by atoms with Crippen molar-refractivity contribution in [3.05, 3.63) is 71.4 Å². The van der Waals surface area contributed by atoms with E-state index >= 15 is 0 Å². The molecule has 5 rings (SSSR count). The van der Waals surface area contributed by atoms with Crippen molar-refractivity contribution in [3.8, 4) is 0 Å². The first-order valence-corrected chi connectivity index (χ1v) is 9.86. The summed E-state index contributed by atoms with van der Waals surface area (Å²) in [6, 6.07) is 19.4. The SMILES string of the molecule is Cc1cc(N2CCCc3ccccc32)nc(N2CCCc3ccccc32)n1. The topological polar surface area (TPSA) is 32.3 Å². The molecule has 0 radical (unpaired) electrons. The molecule has 0 spiro atoms. The molecule has 0 N–H and O–H groups in total. The quantitative estimate of drug-likeness (QED) is 0.650. The molecule has 2 aliphatic heterocycles. The minimum Gasteiger partial charge on any atom is -0.326 e. The van der Waals surface area contributed by atoms with Crippen molar-refractivity contribution >= 4 is 23.1 Å². The lowest BCUT2D eigenvalue weighted by Crippen LogP contribution is -2.29. The maximum atomic E-state index is 5.02. The Balaban J connectivity index is 1.58. The Labute approximate surface area is 160 Å². The first kappa shape index (κ1) is 16.3. The zero-order chi connectivity index (χ0) is 18.2. The van der Waals surface area contributed by atoms with E-state index in [1.165, 1.54) is 22.5 Å². The fraction of sp³-hybridized carbons (Fsp3) is 0.304. The molecule has 0 fully saturated rings. The largest absolute Gasteiger partial charge is 0.326 e. The van der Waals surface area contributed by atoms with Gasteiger partial charge in [0.25, 0.3) is 0 Å². The lowest BCUT2D eigenvalue weighted by atomic mass is 10.0. The highest BCUT2D eigenvalue weighted by Gasteiger charge is 2.23. The summed E-state index contributed by atoms with van der Waals surface area (Å²) in [5.41, 5.74) is 6.34. The molecule has 0 bridgehead atoms. The summed E-state index contributed by atoms with van der Waals surface area (Å²) in [5.74, 6) is 1.83. The molecule has 136 valence electrons. The lowest BCUT2D eigenvalue weighted by molar-refractivity contribution is 0.738. The Morgan fingerprint density at radius 3 is 2.04 bits per heavy atom. The van der Waals surface area contributed by atoms with E-state index < -0.39 is 0 Å². The summed E-state index contributed by atoms with van der Waals surface area (Å²) in [7, 11) is 0. The third-order valence-corrected chi connectivity index (χ3v) is 5.57. The van der Waals surface area contributed by atoms with Crippen LogP contribution in [0.15, 0.2) is 54.6 Å². The Morgan fingerprint density at radius 2 is 1.33 bits per heavy atom. The number of para-hydroxylation sites is 2. The Morgan fingerprint density at radius 1 is 0.741 bits per heavy atom. The summed E-state index contributed by atoms with van der Waals surface area (Å²) in [5, 5.41) is 0. The van der Waals surface area contributed by atoms with Crippen LogP contribution in [0.25, 0.3) is 0 Å². The number of nitrogens with zero attached hydrogens (tertiary/aromatic N) is 4. The molecular formula is C23H24N4. The van der Waals surface area contributed by atoms with Gasteiger partial charge >= 0.3 is 0 Å². The molecule has 2 aromatic carbocycles. The van der Waals surface area contributed by atoms with E-state index in [0.29, 0.717) is 0 Å². The minimum atomic E-state index is 0.820. The van der Waals surface area contributed by atoms with Crippen molar-refractivity contribution in [3.63, 3.8) is 0 Å². The standard InChI is InChI=1S/C23H24N4/c1-17-16-22(26-14-6-10-18-8-2-4-12-20(18)26)25-23(24-17)27-15-7-11-19-9-3-5-13-21(19)27/h2-5,8-9,12-13,16H,6-7,10-11,14-15H2,1H3. The second-order valence-electron chi connectivity index (χ2n) is 7.44. The molecular weight excluding hydrogens is 332 g/mol. The fourth-order valence-corrected chi connectivity index (χ4v) is 4.31. The molecule has 4 nitrogen and oxygen atoms in total. The number of hydrogen-bond acceptors (Lipinski definition) is 4. The van der Waals surface area contributed by atoms with Gasteiger partial charge in [0.1, 0.15) is 5.82 Å². The Bertz CT molecular complexity index is 906. The van der Waals surface area contributed by atoms with Gasteiger partial charge in [-0.1, -0.05) is 36.4 Å². The summed E-state index contributed by atoms with van der Waals surface area (Å²) in [6.45, 7) is 4.04. The maximum absolute atomic E-state index is 5.02. The molecule has 2 aliphatic rings.